The molecule has 0 heterocycles. The van der Waals surface area contributed by atoms with Gasteiger partial charge in [-0.2, -0.15) is 0 Å². The lowest BCUT2D eigenvalue weighted by atomic mass is 9.73. The molecule has 0 aliphatic heterocycles. The molecule has 2 N–H and O–H groups in total. The van der Waals surface area contributed by atoms with Crippen molar-refractivity contribution in [3.63, 3.8) is 0 Å². The van der Waals surface area contributed by atoms with Gasteiger partial charge in [-0.25, -0.2) is 0 Å². The Hall–Kier alpha value is -0.860. The van der Waals surface area contributed by atoms with Gasteiger partial charge < -0.3 is 5.73 Å². The summed E-state index contributed by atoms with van der Waals surface area (Å²) in [4.78, 5) is 2.56. The third-order valence-corrected chi connectivity index (χ3v) is 6.01. The first-order valence-electron chi connectivity index (χ1n) is 8.60. The smallest absolute Gasteiger partial charge is 0.0334 e. The van der Waals surface area contributed by atoms with E-state index in [2.05, 4.69) is 43.1 Å². The second-order valence-corrected chi connectivity index (χ2v) is 7.40. The molecule has 2 fully saturated rings. The highest BCUT2D eigenvalue weighted by Gasteiger charge is 2.43. The van der Waals surface area contributed by atoms with Gasteiger partial charge in [-0.3, -0.25) is 4.90 Å². The summed E-state index contributed by atoms with van der Waals surface area (Å²) in [5.74, 6) is 1.95. The number of hydrogen-bond donors (Lipinski definition) is 1. The van der Waals surface area contributed by atoms with Crippen molar-refractivity contribution in [2.24, 2.45) is 17.6 Å². The van der Waals surface area contributed by atoms with Crippen LogP contribution in [0.2, 0.25) is 0 Å². The average molecular weight is 286 g/mol. The Morgan fingerprint density at radius 2 is 1.95 bits per heavy atom. The van der Waals surface area contributed by atoms with E-state index in [1.54, 1.807) is 0 Å². The molecular formula is C19H30N2. The van der Waals surface area contributed by atoms with E-state index in [1.807, 2.05) is 0 Å². The van der Waals surface area contributed by atoms with E-state index in [9.17, 15) is 0 Å². The molecule has 1 aromatic carbocycles. The fourth-order valence-corrected chi connectivity index (χ4v) is 4.25. The van der Waals surface area contributed by atoms with Crippen LogP contribution in [-0.2, 0) is 6.54 Å². The molecule has 2 atom stereocenters. The maximum Gasteiger partial charge on any atom is 0.0334 e. The standard InChI is InChI=1S/C19H30N2/c1-15-6-3-4-7-18(15)13-21(2)19(14-20)11-5-8-17(12-19)16-9-10-16/h3-4,6-7,16-17H,5,8-14,20H2,1-2H3. The molecule has 0 bridgehead atoms. The second-order valence-electron chi connectivity index (χ2n) is 7.40. The Kier molecular flexibility index (Phi) is 4.37. The first-order valence-corrected chi connectivity index (χ1v) is 8.60. The van der Waals surface area contributed by atoms with Crippen LogP contribution in [0.15, 0.2) is 24.3 Å². The third kappa shape index (κ3) is 3.17. The normalized spacial score (nSPS) is 29.8. The monoisotopic (exact) mass is 286 g/mol. The number of nitrogens with two attached hydrogens (primary N) is 1. The summed E-state index contributed by atoms with van der Waals surface area (Å²) < 4.78 is 0. The van der Waals surface area contributed by atoms with Gasteiger partial charge in [-0.05, 0) is 62.6 Å². The quantitative estimate of drug-likeness (QED) is 0.894. The van der Waals surface area contributed by atoms with Gasteiger partial charge in [0.2, 0.25) is 0 Å². The molecular weight excluding hydrogens is 256 g/mol. The van der Waals surface area contributed by atoms with Gasteiger partial charge in [0.05, 0.1) is 0 Å². The van der Waals surface area contributed by atoms with Gasteiger partial charge >= 0.3 is 0 Å². The van der Waals surface area contributed by atoms with Crippen molar-refractivity contribution in [2.75, 3.05) is 13.6 Å². The molecule has 1 aromatic rings. The lowest BCUT2D eigenvalue weighted by Crippen LogP contribution is -2.54. The van der Waals surface area contributed by atoms with E-state index in [0.717, 1.165) is 24.9 Å². The first-order chi connectivity index (χ1) is 10.1. The van der Waals surface area contributed by atoms with Crippen molar-refractivity contribution in [2.45, 2.75) is 57.5 Å². The summed E-state index contributed by atoms with van der Waals surface area (Å²) in [6.45, 7) is 4.05. The summed E-state index contributed by atoms with van der Waals surface area (Å²) in [5, 5.41) is 0. The van der Waals surface area contributed by atoms with E-state index in [4.69, 9.17) is 5.73 Å². The van der Waals surface area contributed by atoms with Crippen molar-refractivity contribution >= 4 is 0 Å². The highest BCUT2D eigenvalue weighted by atomic mass is 15.2. The number of likely N-dealkylation sites (N-methyl/N-ethyl adjacent to an activating group) is 1. The van der Waals surface area contributed by atoms with Crippen molar-refractivity contribution in [1.29, 1.82) is 0 Å². The molecule has 3 rings (SSSR count). The summed E-state index contributed by atoms with van der Waals surface area (Å²) >= 11 is 0. The van der Waals surface area contributed by atoms with E-state index < -0.39 is 0 Å². The minimum Gasteiger partial charge on any atom is -0.329 e. The number of rotatable bonds is 5. The van der Waals surface area contributed by atoms with E-state index in [0.29, 0.717) is 0 Å². The molecule has 2 unspecified atom stereocenters. The van der Waals surface area contributed by atoms with Crippen molar-refractivity contribution in [3.8, 4) is 0 Å². The second kappa shape index (κ2) is 6.10. The summed E-state index contributed by atoms with van der Waals surface area (Å²) in [6, 6.07) is 8.75. The zero-order chi connectivity index (χ0) is 14.9. The van der Waals surface area contributed by atoms with Gasteiger partial charge in [0.15, 0.2) is 0 Å². The zero-order valence-corrected chi connectivity index (χ0v) is 13.6. The highest BCUT2D eigenvalue weighted by Crippen LogP contribution is 2.47. The Morgan fingerprint density at radius 1 is 1.19 bits per heavy atom. The molecule has 2 aliphatic rings. The van der Waals surface area contributed by atoms with Crippen LogP contribution in [0.4, 0.5) is 0 Å². The molecule has 21 heavy (non-hydrogen) atoms. The predicted octanol–water partition coefficient (Wildman–Crippen LogP) is 3.72. The summed E-state index contributed by atoms with van der Waals surface area (Å²) in [7, 11) is 2.29. The number of hydrogen-bond acceptors (Lipinski definition) is 2. The maximum atomic E-state index is 6.27. The fourth-order valence-electron chi connectivity index (χ4n) is 4.25. The predicted molar refractivity (Wildman–Crippen MR) is 89.1 cm³/mol. The SMILES string of the molecule is Cc1ccccc1CN(C)C1(CN)CCCC(C2CC2)C1. The molecule has 0 amide bonds. The first kappa shape index (κ1) is 15.1. The molecule has 0 spiro atoms. The van der Waals surface area contributed by atoms with Gasteiger partial charge in [-0.1, -0.05) is 37.1 Å². The Bertz CT molecular complexity index is 480. The van der Waals surface area contributed by atoms with Gasteiger partial charge in [0.25, 0.3) is 0 Å². The third-order valence-electron chi connectivity index (χ3n) is 6.01. The minimum atomic E-state index is 0.230. The lowest BCUT2D eigenvalue weighted by molar-refractivity contribution is 0.0458. The number of benzene rings is 1. The van der Waals surface area contributed by atoms with Gasteiger partial charge in [0, 0.05) is 18.6 Å². The Balaban J connectivity index is 1.73. The van der Waals surface area contributed by atoms with E-state index >= 15 is 0 Å². The van der Waals surface area contributed by atoms with Crippen molar-refractivity contribution < 1.29 is 0 Å². The molecule has 2 nitrogen and oxygen atoms in total. The fraction of sp³-hybridized carbons (Fsp3) is 0.684. The van der Waals surface area contributed by atoms with Crippen LogP contribution in [0.25, 0.3) is 0 Å². The molecule has 0 saturated heterocycles. The number of aryl methyl sites for hydroxylation is 1. The molecule has 2 aliphatic carbocycles. The Morgan fingerprint density at radius 3 is 2.62 bits per heavy atom. The van der Waals surface area contributed by atoms with Crippen LogP contribution < -0.4 is 5.73 Å². The van der Waals surface area contributed by atoms with Crippen LogP contribution >= 0.6 is 0 Å². The average Bonchev–Trinajstić information content (AvgIpc) is 3.34. The number of nitrogens with zero attached hydrogens (tertiary/aromatic N) is 1. The topological polar surface area (TPSA) is 29.3 Å². The minimum absolute atomic E-state index is 0.230. The molecule has 0 aromatic heterocycles. The van der Waals surface area contributed by atoms with Crippen molar-refractivity contribution in [3.05, 3.63) is 35.4 Å². The van der Waals surface area contributed by atoms with E-state index in [-0.39, 0.29) is 5.54 Å². The van der Waals surface area contributed by atoms with Crippen LogP contribution in [0, 0.1) is 18.8 Å². The van der Waals surface area contributed by atoms with Crippen LogP contribution in [0.3, 0.4) is 0 Å². The largest absolute Gasteiger partial charge is 0.329 e. The molecule has 2 heteroatoms. The van der Waals surface area contributed by atoms with Gasteiger partial charge in [-0.15, -0.1) is 0 Å². The van der Waals surface area contributed by atoms with Gasteiger partial charge in [0.1, 0.15) is 0 Å². The van der Waals surface area contributed by atoms with Crippen molar-refractivity contribution in [1.82, 2.24) is 4.90 Å². The molecule has 2 saturated carbocycles. The zero-order valence-electron chi connectivity index (χ0n) is 13.6. The van der Waals surface area contributed by atoms with Crippen LogP contribution in [-0.4, -0.2) is 24.0 Å². The molecule has 116 valence electrons. The van der Waals surface area contributed by atoms with Crippen LogP contribution in [0.5, 0.6) is 0 Å². The van der Waals surface area contributed by atoms with E-state index in [1.165, 1.54) is 49.7 Å². The summed E-state index contributed by atoms with van der Waals surface area (Å²) in [5.41, 5.74) is 9.34. The van der Waals surface area contributed by atoms with Crippen LogP contribution in [0.1, 0.15) is 49.7 Å². The summed E-state index contributed by atoms with van der Waals surface area (Å²) in [6.07, 6.45) is 8.31. The highest BCUT2D eigenvalue weighted by molar-refractivity contribution is 5.25. The Labute approximate surface area is 129 Å². The lowest BCUT2D eigenvalue weighted by Gasteiger charge is -2.47. The molecule has 0 radical (unpaired) electrons. The maximum absolute atomic E-state index is 6.27.